The molecule has 4 rings (SSSR count). The average Bonchev–Trinajstić information content (AvgIpc) is 3.30. The highest BCUT2D eigenvalue weighted by Gasteiger charge is 2.46. The number of nitrogens with zero attached hydrogens (tertiary/aromatic N) is 2. The number of benzene rings is 1. The van der Waals surface area contributed by atoms with E-state index in [1.54, 1.807) is 12.1 Å². The second-order valence-corrected chi connectivity index (χ2v) is 9.91. The Hall–Kier alpha value is -3.47. The van der Waals surface area contributed by atoms with Gasteiger partial charge in [0.05, 0.1) is 11.1 Å². The zero-order valence-corrected chi connectivity index (χ0v) is 20.1. The van der Waals surface area contributed by atoms with E-state index >= 15 is 0 Å². The first-order valence-corrected chi connectivity index (χ1v) is 11.7. The fourth-order valence-electron chi connectivity index (χ4n) is 4.52. The van der Waals surface area contributed by atoms with Crippen molar-refractivity contribution in [2.75, 3.05) is 26.2 Å². The molecule has 0 spiro atoms. The van der Waals surface area contributed by atoms with Gasteiger partial charge in [-0.05, 0) is 45.7 Å². The normalized spacial score (nSPS) is 22.8. The third-order valence-electron chi connectivity index (χ3n) is 6.09. The van der Waals surface area contributed by atoms with Crippen LogP contribution < -0.4 is 15.4 Å². The Morgan fingerprint density at radius 3 is 2.63 bits per heavy atom. The second-order valence-electron chi connectivity index (χ2n) is 9.91. The third kappa shape index (κ3) is 5.45. The van der Waals surface area contributed by atoms with E-state index in [0.717, 1.165) is 17.9 Å². The van der Waals surface area contributed by atoms with Crippen molar-refractivity contribution in [3.8, 4) is 5.75 Å². The number of imide groups is 2. The minimum Gasteiger partial charge on any atom is -0.491 e. The summed E-state index contributed by atoms with van der Waals surface area (Å²) in [5.41, 5.74) is -0.244. The first-order chi connectivity index (χ1) is 16.5. The van der Waals surface area contributed by atoms with Crippen LogP contribution in [0.15, 0.2) is 18.2 Å². The van der Waals surface area contributed by atoms with Gasteiger partial charge in [-0.2, -0.15) is 0 Å². The number of piperidine rings is 1. The fourth-order valence-corrected chi connectivity index (χ4v) is 4.52. The zero-order valence-electron chi connectivity index (χ0n) is 20.1. The summed E-state index contributed by atoms with van der Waals surface area (Å²) in [5.74, 6) is -1.96. The highest BCUT2D eigenvalue weighted by molar-refractivity contribution is 6.24. The van der Waals surface area contributed by atoms with Crippen LogP contribution in [-0.4, -0.2) is 83.4 Å². The molecule has 5 amide bonds. The lowest BCUT2D eigenvalue weighted by atomic mass is 10.0. The molecule has 188 valence electrons. The molecule has 3 aliphatic heterocycles. The largest absolute Gasteiger partial charge is 0.491 e. The topological polar surface area (TPSA) is 134 Å². The number of ether oxygens (including phenoxy) is 2. The number of nitrogens with one attached hydrogen (secondary N) is 2. The van der Waals surface area contributed by atoms with Crippen LogP contribution in [0.1, 0.15) is 60.7 Å². The van der Waals surface area contributed by atoms with Gasteiger partial charge in [-0.1, -0.05) is 6.07 Å². The number of likely N-dealkylation sites (tertiary alicyclic amines) is 1. The maximum atomic E-state index is 13.1. The first-order valence-electron chi connectivity index (χ1n) is 11.7. The lowest BCUT2D eigenvalue weighted by Crippen LogP contribution is -2.54. The van der Waals surface area contributed by atoms with E-state index in [0.29, 0.717) is 13.1 Å². The van der Waals surface area contributed by atoms with E-state index in [1.807, 2.05) is 20.8 Å². The lowest BCUT2D eigenvalue weighted by Gasteiger charge is -2.27. The summed E-state index contributed by atoms with van der Waals surface area (Å²) in [6.45, 7) is 7.70. The molecule has 0 saturated carbocycles. The van der Waals surface area contributed by atoms with Crippen LogP contribution in [0.25, 0.3) is 0 Å². The molecule has 11 nitrogen and oxygen atoms in total. The molecular formula is C24H30N4O7. The van der Waals surface area contributed by atoms with E-state index in [2.05, 4.69) is 15.5 Å². The van der Waals surface area contributed by atoms with Crippen molar-refractivity contribution in [3.05, 3.63) is 29.3 Å². The summed E-state index contributed by atoms with van der Waals surface area (Å²) < 4.78 is 11.2. The number of hydrogen-bond acceptors (Lipinski definition) is 8. The third-order valence-corrected chi connectivity index (χ3v) is 6.09. The smallest absolute Gasteiger partial charge is 0.407 e. The Kier molecular flexibility index (Phi) is 6.79. The summed E-state index contributed by atoms with van der Waals surface area (Å²) in [5, 5.41) is 5.06. The highest BCUT2D eigenvalue weighted by Crippen LogP contribution is 2.33. The number of carbonyl (C=O) groups is 5. The van der Waals surface area contributed by atoms with Crippen LogP contribution in [0.2, 0.25) is 0 Å². The molecule has 0 radical (unpaired) electrons. The summed E-state index contributed by atoms with van der Waals surface area (Å²) in [6.07, 6.45) is 0.504. The number of rotatable bonds is 6. The quantitative estimate of drug-likeness (QED) is 0.570. The van der Waals surface area contributed by atoms with Gasteiger partial charge >= 0.3 is 6.09 Å². The zero-order chi connectivity index (χ0) is 25.3. The molecule has 2 fully saturated rings. The molecule has 2 N–H and O–H groups in total. The standard InChI is InChI=1S/C24H30N4O7/c1-24(2,3)35-23(33)25-14-9-10-27(13-14)11-12-34-17-6-4-5-15-19(17)22(32)28(21(15)31)16-7-8-18(29)26-20(16)30/h4-6,14,16H,7-13H2,1-3H3,(H,25,33)(H,26,29,30)/t14-,16?/m1/s1. The van der Waals surface area contributed by atoms with Crippen molar-refractivity contribution in [2.24, 2.45) is 0 Å². The van der Waals surface area contributed by atoms with Crippen molar-refractivity contribution >= 4 is 29.7 Å². The number of hydrogen-bond donors (Lipinski definition) is 2. The fraction of sp³-hybridized carbons (Fsp3) is 0.542. The van der Waals surface area contributed by atoms with Crippen LogP contribution >= 0.6 is 0 Å². The van der Waals surface area contributed by atoms with Gasteiger partial charge in [-0.15, -0.1) is 0 Å². The molecular weight excluding hydrogens is 456 g/mol. The van der Waals surface area contributed by atoms with Crippen LogP contribution in [0.5, 0.6) is 5.75 Å². The second kappa shape index (κ2) is 9.65. The van der Waals surface area contributed by atoms with Crippen LogP contribution in [0, 0.1) is 0 Å². The SMILES string of the molecule is CC(C)(C)OC(=O)N[C@@H]1CCN(CCOc2cccc3c2C(=O)N(C2CCC(=O)NC2=O)C3=O)C1. The van der Waals surface area contributed by atoms with E-state index in [1.165, 1.54) is 6.07 Å². The molecule has 0 aromatic heterocycles. The Morgan fingerprint density at radius 2 is 1.91 bits per heavy atom. The molecule has 0 bridgehead atoms. The van der Waals surface area contributed by atoms with Gasteiger partial charge in [0, 0.05) is 32.1 Å². The van der Waals surface area contributed by atoms with Gasteiger partial charge in [0.25, 0.3) is 11.8 Å². The maximum absolute atomic E-state index is 13.1. The molecule has 0 aliphatic carbocycles. The average molecular weight is 487 g/mol. The van der Waals surface area contributed by atoms with Crippen molar-refractivity contribution in [3.63, 3.8) is 0 Å². The predicted molar refractivity (Wildman–Crippen MR) is 123 cm³/mol. The molecule has 1 aromatic carbocycles. The Labute approximate surface area is 203 Å². The summed E-state index contributed by atoms with van der Waals surface area (Å²) in [4.78, 5) is 64.8. The number of amides is 5. The van der Waals surface area contributed by atoms with Gasteiger partial charge in [-0.3, -0.25) is 34.3 Å². The van der Waals surface area contributed by atoms with E-state index in [4.69, 9.17) is 9.47 Å². The van der Waals surface area contributed by atoms with Gasteiger partial charge in [0.15, 0.2) is 0 Å². The Bertz CT molecular complexity index is 1060. The minimum atomic E-state index is -1.02. The van der Waals surface area contributed by atoms with Crippen molar-refractivity contribution in [1.82, 2.24) is 20.4 Å². The number of fused-ring (bicyclic) bond motifs is 1. The molecule has 1 unspecified atom stereocenters. The van der Waals surface area contributed by atoms with E-state index in [-0.39, 0.29) is 42.4 Å². The van der Waals surface area contributed by atoms with Crippen LogP contribution in [-0.2, 0) is 14.3 Å². The van der Waals surface area contributed by atoms with Crippen molar-refractivity contribution in [1.29, 1.82) is 0 Å². The van der Waals surface area contributed by atoms with E-state index < -0.39 is 41.4 Å². The summed E-state index contributed by atoms with van der Waals surface area (Å²) in [6, 6.07) is 3.74. The molecule has 35 heavy (non-hydrogen) atoms. The van der Waals surface area contributed by atoms with Crippen molar-refractivity contribution < 1.29 is 33.4 Å². The monoisotopic (exact) mass is 486 g/mol. The Balaban J connectivity index is 1.33. The van der Waals surface area contributed by atoms with Gasteiger partial charge in [-0.25, -0.2) is 4.79 Å². The van der Waals surface area contributed by atoms with Crippen LogP contribution in [0.3, 0.4) is 0 Å². The Morgan fingerprint density at radius 1 is 1.14 bits per heavy atom. The highest BCUT2D eigenvalue weighted by atomic mass is 16.6. The molecule has 3 heterocycles. The first kappa shape index (κ1) is 24.6. The molecule has 2 saturated heterocycles. The molecule has 1 aromatic rings. The summed E-state index contributed by atoms with van der Waals surface area (Å²) in [7, 11) is 0. The number of carbonyl (C=O) groups excluding carboxylic acids is 5. The molecule has 3 aliphatic rings. The molecule has 11 heteroatoms. The minimum absolute atomic E-state index is 0.0212. The van der Waals surface area contributed by atoms with Gasteiger partial charge in [0.1, 0.15) is 24.0 Å². The summed E-state index contributed by atoms with van der Waals surface area (Å²) >= 11 is 0. The lowest BCUT2D eigenvalue weighted by molar-refractivity contribution is -0.136. The number of alkyl carbamates (subject to hydrolysis) is 1. The van der Waals surface area contributed by atoms with Crippen molar-refractivity contribution in [2.45, 2.75) is 57.7 Å². The maximum Gasteiger partial charge on any atom is 0.407 e. The predicted octanol–water partition coefficient (Wildman–Crippen LogP) is 1.07. The van der Waals surface area contributed by atoms with Crippen LogP contribution in [0.4, 0.5) is 4.79 Å². The van der Waals surface area contributed by atoms with E-state index in [9.17, 15) is 24.0 Å². The van der Waals surface area contributed by atoms with Gasteiger partial charge in [0.2, 0.25) is 11.8 Å². The van der Waals surface area contributed by atoms with Gasteiger partial charge < -0.3 is 14.8 Å². The molecule has 2 atom stereocenters.